The fourth-order valence-corrected chi connectivity index (χ4v) is 4.85. The molecule has 0 bridgehead atoms. The summed E-state index contributed by atoms with van der Waals surface area (Å²) in [4.78, 5) is 25.2. The van der Waals surface area contributed by atoms with Gasteiger partial charge < -0.3 is 10.2 Å². The van der Waals surface area contributed by atoms with Crippen LogP contribution in [-0.4, -0.2) is 21.8 Å². The van der Waals surface area contributed by atoms with Crippen LogP contribution in [0.1, 0.15) is 81.3 Å². The molecule has 2 aliphatic rings. The van der Waals surface area contributed by atoms with Gasteiger partial charge in [-0.25, -0.2) is 0 Å². The SMILES string of the molecule is CC(C)c1cc2c(c(O)c1O)C1(C)CCC(=O)C(C)(C)C1CC2=O. The number of fused-ring (bicyclic) bond motifs is 3. The number of carbonyl (C=O) groups excluding carboxylic acids is 2. The van der Waals surface area contributed by atoms with E-state index in [1.54, 1.807) is 6.07 Å². The van der Waals surface area contributed by atoms with E-state index in [-0.39, 0.29) is 34.9 Å². The maximum atomic E-state index is 12.8. The molecule has 1 fully saturated rings. The molecule has 0 saturated heterocycles. The quantitative estimate of drug-likeness (QED) is 0.761. The first-order valence-electron chi connectivity index (χ1n) is 8.67. The number of Topliss-reactive ketones (excluding diaryl/α,β-unsaturated/α-hetero) is 2. The van der Waals surface area contributed by atoms with Gasteiger partial charge in [0.1, 0.15) is 5.78 Å². The Hall–Kier alpha value is -1.84. The number of benzene rings is 1. The second-order valence-corrected chi connectivity index (χ2v) is 8.48. The van der Waals surface area contributed by atoms with Crippen LogP contribution in [-0.2, 0) is 10.2 Å². The van der Waals surface area contributed by atoms with E-state index in [9.17, 15) is 19.8 Å². The zero-order valence-corrected chi connectivity index (χ0v) is 15.1. The smallest absolute Gasteiger partial charge is 0.163 e. The number of carbonyl (C=O) groups is 2. The fraction of sp³-hybridized carbons (Fsp3) is 0.600. The van der Waals surface area contributed by atoms with Crippen LogP contribution in [0.5, 0.6) is 11.5 Å². The van der Waals surface area contributed by atoms with Crippen molar-refractivity contribution in [3.8, 4) is 11.5 Å². The average Bonchev–Trinajstić information content (AvgIpc) is 2.49. The van der Waals surface area contributed by atoms with E-state index < -0.39 is 10.8 Å². The Morgan fingerprint density at radius 2 is 1.75 bits per heavy atom. The minimum atomic E-state index is -0.612. The Labute approximate surface area is 142 Å². The van der Waals surface area contributed by atoms with Crippen molar-refractivity contribution in [2.24, 2.45) is 11.3 Å². The zero-order chi connectivity index (χ0) is 18.0. The highest BCUT2D eigenvalue weighted by atomic mass is 16.3. The van der Waals surface area contributed by atoms with Gasteiger partial charge in [-0.05, 0) is 24.3 Å². The van der Waals surface area contributed by atoms with Gasteiger partial charge in [0, 0.05) is 40.4 Å². The van der Waals surface area contributed by atoms with Crippen LogP contribution in [0.15, 0.2) is 6.07 Å². The van der Waals surface area contributed by atoms with Crippen molar-refractivity contribution in [1.29, 1.82) is 0 Å². The molecule has 0 spiro atoms. The third-order valence-electron chi connectivity index (χ3n) is 6.42. The molecule has 0 amide bonds. The third kappa shape index (κ3) is 2.04. The Bertz CT molecular complexity index is 744. The summed E-state index contributed by atoms with van der Waals surface area (Å²) >= 11 is 0. The molecule has 0 aromatic heterocycles. The summed E-state index contributed by atoms with van der Waals surface area (Å²) in [5.41, 5.74) is 0.536. The average molecular weight is 330 g/mol. The van der Waals surface area contributed by atoms with Crippen LogP contribution in [0, 0.1) is 11.3 Å². The maximum absolute atomic E-state index is 12.8. The number of hydrogen-bond donors (Lipinski definition) is 2. The van der Waals surface area contributed by atoms with Crippen molar-refractivity contribution in [2.45, 2.75) is 65.2 Å². The highest BCUT2D eigenvalue weighted by Crippen LogP contribution is 2.59. The monoisotopic (exact) mass is 330 g/mol. The number of rotatable bonds is 1. The van der Waals surface area contributed by atoms with E-state index in [4.69, 9.17) is 0 Å². The zero-order valence-electron chi connectivity index (χ0n) is 15.1. The Kier molecular flexibility index (Phi) is 3.60. The lowest BCUT2D eigenvalue weighted by Crippen LogP contribution is -2.53. The summed E-state index contributed by atoms with van der Waals surface area (Å²) in [5, 5.41) is 21.2. The first-order valence-corrected chi connectivity index (χ1v) is 8.67. The van der Waals surface area contributed by atoms with Gasteiger partial charge in [0.15, 0.2) is 17.3 Å². The van der Waals surface area contributed by atoms with Crippen LogP contribution in [0.2, 0.25) is 0 Å². The largest absolute Gasteiger partial charge is 0.504 e. The summed E-state index contributed by atoms with van der Waals surface area (Å²) in [6.07, 6.45) is 1.33. The van der Waals surface area contributed by atoms with Crippen molar-refractivity contribution in [1.82, 2.24) is 0 Å². The molecule has 2 N–H and O–H groups in total. The highest BCUT2D eigenvalue weighted by molar-refractivity contribution is 6.02. The lowest BCUT2D eigenvalue weighted by atomic mass is 9.49. The molecule has 2 atom stereocenters. The standard InChI is InChI=1S/C20H26O4/c1-10(2)11-8-12-13(21)9-14-19(3,4)15(22)6-7-20(14,5)16(12)18(24)17(11)23/h8,10,14,23-24H,6-7,9H2,1-5H3. The van der Waals surface area contributed by atoms with Crippen LogP contribution < -0.4 is 0 Å². The predicted octanol–water partition coefficient (Wildman–Crippen LogP) is 4.07. The minimum Gasteiger partial charge on any atom is -0.504 e. The molecule has 1 saturated carbocycles. The summed E-state index contributed by atoms with van der Waals surface area (Å²) in [6.45, 7) is 9.65. The number of aromatic hydroxyl groups is 2. The lowest BCUT2D eigenvalue weighted by molar-refractivity contribution is -0.136. The van der Waals surface area contributed by atoms with E-state index in [0.29, 0.717) is 36.0 Å². The number of ketones is 2. The van der Waals surface area contributed by atoms with Crippen molar-refractivity contribution in [2.75, 3.05) is 0 Å². The molecule has 2 aliphatic carbocycles. The Morgan fingerprint density at radius 1 is 1.12 bits per heavy atom. The molecule has 2 unspecified atom stereocenters. The second kappa shape index (κ2) is 5.08. The van der Waals surface area contributed by atoms with Gasteiger partial charge in [-0.15, -0.1) is 0 Å². The van der Waals surface area contributed by atoms with Crippen molar-refractivity contribution >= 4 is 11.6 Å². The van der Waals surface area contributed by atoms with Gasteiger partial charge in [-0.3, -0.25) is 9.59 Å². The number of phenolic OH excluding ortho intramolecular Hbond substituents is 2. The van der Waals surface area contributed by atoms with Crippen LogP contribution in [0.25, 0.3) is 0 Å². The highest BCUT2D eigenvalue weighted by Gasteiger charge is 2.56. The molecule has 0 radical (unpaired) electrons. The van der Waals surface area contributed by atoms with E-state index >= 15 is 0 Å². The summed E-state index contributed by atoms with van der Waals surface area (Å²) in [6, 6.07) is 1.74. The molecule has 0 aliphatic heterocycles. The minimum absolute atomic E-state index is 0.00361. The Morgan fingerprint density at radius 3 is 2.33 bits per heavy atom. The molecule has 1 aromatic carbocycles. The summed E-state index contributed by atoms with van der Waals surface area (Å²) in [7, 11) is 0. The molecule has 130 valence electrons. The second-order valence-electron chi connectivity index (χ2n) is 8.48. The molecule has 4 heteroatoms. The van der Waals surface area contributed by atoms with Crippen LogP contribution >= 0.6 is 0 Å². The first kappa shape index (κ1) is 17.0. The lowest BCUT2D eigenvalue weighted by Gasteiger charge is -2.52. The number of hydrogen-bond acceptors (Lipinski definition) is 4. The molecule has 4 nitrogen and oxygen atoms in total. The van der Waals surface area contributed by atoms with E-state index in [0.717, 1.165) is 0 Å². The topological polar surface area (TPSA) is 74.6 Å². The van der Waals surface area contributed by atoms with Gasteiger partial charge in [-0.2, -0.15) is 0 Å². The van der Waals surface area contributed by atoms with E-state index in [2.05, 4.69) is 0 Å². The van der Waals surface area contributed by atoms with Crippen molar-refractivity contribution < 1.29 is 19.8 Å². The van der Waals surface area contributed by atoms with E-state index in [1.165, 1.54) is 0 Å². The number of phenols is 2. The van der Waals surface area contributed by atoms with Gasteiger partial charge in [-0.1, -0.05) is 34.6 Å². The van der Waals surface area contributed by atoms with Crippen LogP contribution in [0.3, 0.4) is 0 Å². The predicted molar refractivity (Wildman–Crippen MR) is 91.7 cm³/mol. The molecular weight excluding hydrogens is 304 g/mol. The van der Waals surface area contributed by atoms with Crippen molar-refractivity contribution in [3.63, 3.8) is 0 Å². The maximum Gasteiger partial charge on any atom is 0.163 e. The fourth-order valence-electron chi connectivity index (χ4n) is 4.85. The van der Waals surface area contributed by atoms with Crippen LogP contribution in [0.4, 0.5) is 0 Å². The van der Waals surface area contributed by atoms with E-state index in [1.807, 2.05) is 34.6 Å². The van der Waals surface area contributed by atoms with Crippen molar-refractivity contribution in [3.05, 3.63) is 22.8 Å². The molecule has 3 rings (SSSR count). The van der Waals surface area contributed by atoms with Gasteiger partial charge in [0.05, 0.1) is 0 Å². The third-order valence-corrected chi connectivity index (χ3v) is 6.42. The molecule has 24 heavy (non-hydrogen) atoms. The van der Waals surface area contributed by atoms with Gasteiger partial charge in [0.2, 0.25) is 0 Å². The molecule has 0 heterocycles. The van der Waals surface area contributed by atoms with Gasteiger partial charge >= 0.3 is 0 Å². The normalized spacial score (nSPS) is 28.7. The first-order chi connectivity index (χ1) is 11.0. The summed E-state index contributed by atoms with van der Waals surface area (Å²) < 4.78 is 0. The molecular formula is C20H26O4. The summed E-state index contributed by atoms with van der Waals surface area (Å²) in [5.74, 6) is -0.350. The van der Waals surface area contributed by atoms with Gasteiger partial charge in [0.25, 0.3) is 0 Å². The molecule has 1 aromatic rings. The Balaban J connectivity index is 2.29.